The highest BCUT2D eigenvalue weighted by molar-refractivity contribution is 6.03. The topological polar surface area (TPSA) is 84.5 Å². The fourth-order valence-electron chi connectivity index (χ4n) is 2.78. The van der Waals surface area contributed by atoms with Crippen LogP contribution in [0, 0.1) is 0 Å². The number of rotatable bonds is 2. The molecule has 7 nitrogen and oxygen atoms in total. The number of carbonyl (C=O) groups excluding carboxylic acids is 2. The lowest BCUT2D eigenvalue weighted by molar-refractivity contribution is 0.00795. The maximum absolute atomic E-state index is 12.0. The number of benzene rings is 1. The highest BCUT2D eigenvalue weighted by atomic mass is 16.6. The average molecular weight is 331 g/mol. The number of esters is 1. The van der Waals surface area contributed by atoms with Crippen LogP contribution in [0.3, 0.4) is 0 Å². The van der Waals surface area contributed by atoms with Gasteiger partial charge in [0.05, 0.1) is 12.7 Å². The van der Waals surface area contributed by atoms with E-state index in [1.165, 1.54) is 7.11 Å². The number of nitrogens with zero attached hydrogens (tertiary/aromatic N) is 2. The highest BCUT2D eigenvalue weighted by Gasteiger charge is 2.36. The molecule has 7 heteroatoms. The van der Waals surface area contributed by atoms with Gasteiger partial charge in [-0.05, 0) is 26.8 Å². The van der Waals surface area contributed by atoms with Crippen LogP contribution in [0.5, 0.6) is 0 Å². The number of hydrogen-bond acceptors (Lipinski definition) is 5. The summed E-state index contributed by atoms with van der Waals surface area (Å²) >= 11 is 0. The van der Waals surface area contributed by atoms with Gasteiger partial charge in [-0.2, -0.15) is 5.10 Å². The number of amides is 1. The third-order valence-electron chi connectivity index (χ3n) is 3.96. The zero-order chi connectivity index (χ0) is 17.5. The van der Waals surface area contributed by atoms with E-state index < -0.39 is 11.6 Å². The molecule has 2 heterocycles. The van der Waals surface area contributed by atoms with E-state index in [4.69, 9.17) is 9.47 Å². The smallest absolute Gasteiger partial charge is 0.410 e. The first-order valence-corrected chi connectivity index (χ1v) is 7.83. The van der Waals surface area contributed by atoms with Crippen LogP contribution in [-0.2, 0) is 9.47 Å². The van der Waals surface area contributed by atoms with Gasteiger partial charge in [0, 0.05) is 30.1 Å². The minimum absolute atomic E-state index is 0.149. The lowest BCUT2D eigenvalue weighted by Crippen LogP contribution is -2.50. The molecule has 1 saturated heterocycles. The molecule has 0 spiro atoms. The van der Waals surface area contributed by atoms with Crippen molar-refractivity contribution in [1.82, 2.24) is 15.1 Å². The summed E-state index contributed by atoms with van der Waals surface area (Å²) in [7, 11) is 1.35. The molecule has 1 aliphatic rings. The molecule has 1 amide bonds. The number of fused-ring (bicyclic) bond motifs is 1. The van der Waals surface area contributed by atoms with Crippen molar-refractivity contribution in [3.8, 4) is 0 Å². The monoisotopic (exact) mass is 331 g/mol. The number of likely N-dealkylation sites (tertiary alicyclic amines) is 1. The SMILES string of the molecule is COC(=O)c1cccc2c(C3CN(C(=O)OC(C)(C)C)C3)[nH]nc12. The number of carbonyl (C=O) groups is 2. The van der Waals surface area contributed by atoms with E-state index in [1.54, 1.807) is 17.0 Å². The Morgan fingerprint density at radius 2 is 2.00 bits per heavy atom. The summed E-state index contributed by atoms with van der Waals surface area (Å²) in [4.78, 5) is 25.5. The molecule has 0 saturated carbocycles. The van der Waals surface area contributed by atoms with Gasteiger partial charge in [-0.1, -0.05) is 12.1 Å². The summed E-state index contributed by atoms with van der Waals surface area (Å²) in [5, 5.41) is 8.15. The van der Waals surface area contributed by atoms with Crippen molar-refractivity contribution in [2.75, 3.05) is 20.2 Å². The molecule has 24 heavy (non-hydrogen) atoms. The third kappa shape index (κ3) is 2.93. The standard InChI is InChI=1S/C17H21N3O4/c1-17(2,3)24-16(22)20-8-10(9-20)13-11-6-5-7-12(15(21)23-4)14(11)19-18-13/h5-7,10H,8-9H2,1-4H3,(H,18,19). The lowest BCUT2D eigenvalue weighted by atomic mass is 9.94. The molecule has 1 aromatic heterocycles. The number of nitrogens with one attached hydrogen (secondary N) is 1. The largest absolute Gasteiger partial charge is 0.465 e. The van der Waals surface area contributed by atoms with Gasteiger partial charge in [-0.25, -0.2) is 9.59 Å². The summed E-state index contributed by atoms with van der Waals surface area (Å²) in [6.45, 7) is 6.67. The van der Waals surface area contributed by atoms with Crippen LogP contribution in [-0.4, -0.2) is 53.0 Å². The van der Waals surface area contributed by atoms with Crippen molar-refractivity contribution >= 4 is 23.0 Å². The number of para-hydroxylation sites is 1. The van der Waals surface area contributed by atoms with Gasteiger partial charge in [0.15, 0.2) is 0 Å². The van der Waals surface area contributed by atoms with Crippen molar-refractivity contribution in [3.05, 3.63) is 29.5 Å². The van der Waals surface area contributed by atoms with E-state index in [9.17, 15) is 9.59 Å². The molecule has 0 atom stereocenters. The molecule has 2 aromatic rings. The summed E-state index contributed by atoms with van der Waals surface area (Å²) in [5.41, 5.74) is 1.45. The van der Waals surface area contributed by atoms with E-state index >= 15 is 0 Å². The first-order valence-electron chi connectivity index (χ1n) is 7.83. The summed E-state index contributed by atoms with van der Waals surface area (Å²) in [5.74, 6) is -0.266. The molecule has 1 N–H and O–H groups in total. The Hall–Kier alpha value is -2.57. The van der Waals surface area contributed by atoms with Crippen LogP contribution in [0.2, 0.25) is 0 Å². The summed E-state index contributed by atoms with van der Waals surface area (Å²) in [6.07, 6.45) is -0.308. The predicted molar refractivity (Wildman–Crippen MR) is 88.0 cm³/mol. The quantitative estimate of drug-likeness (QED) is 0.855. The number of ether oxygens (including phenoxy) is 2. The number of H-pyrrole nitrogens is 1. The van der Waals surface area contributed by atoms with Gasteiger partial charge < -0.3 is 14.4 Å². The Balaban J connectivity index is 1.76. The molecule has 3 rings (SSSR count). The second-order valence-electron chi connectivity index (χ2n) is 6.91. The van der Waals surface area contributed by atoms with Crippen molar-refractivity contribution in [1.29, 1.82) is 0 Å². The van der Waals surface area contributed by atoms with Crippen LogP contribution >= 0.6 is 0 Å². The van der Waals surface area contributed by atoms with Gasteiger partial charge in [0.25, 0.3) is 0 Å². The zero-order valence-corrected chi connectivity index (χ0v) is 14.3. The van der Waals surface area contributed by atoms with Gasteiger partial charge in [-0.3, -0.25) is 5.10 Å². The van der Waals surface area contributed by atoms with E-state index in [-0.39, 0.29) is 12.0 Å². The van der Waals surface area contributed by atoms with Crippen LogP contribution in [0.1, 0.15) is 42.7 Å². The van der Waals surface area contributed by atoms with Crippen molar-refractivity contribution in [2.45, 2.75) is 32.3 Å². The Labute approximate surface area is 139 Å². The second kappa shape index (κ2) is 5.81. The number of methoxy groups -OCH3 is 1. The maximum atomic E-state index is 12.0. The Morgan fingerprint density at radius 3 is 2.62 bits per heavy atom. The second-order valence-corrected chi connectivity index (χ2v) is 6.91. The maximum Gasteiger partial charge on any atom is 0.410 e. The van der Waals surface area contributed by atoms with E-state index in [0.717, 1.165) is 11.1 Å². The molecule has 0 unspecified atom stereocenters. The van der Waals surface area contributed by atoms with Crippen LogP contribution in [0.4, 0.5) is 4.79 Å². The number of aromatic nitrogens is 2. The van der Waals surface area contributed by atoms with Crippen molar-refractivity contribution in [2.24, 2.45) is 0 Å². The molecule has 0 radical (unpaired) electrons. The van der Waals surface area contributed by atoms with E-state index in [1.807, 2.05) is 26.8 Å². The number of aromatic amines is 1. The fraction of sp³-hybridized carbons (Fsp3) is 0.471. The zero-order valence-electron chi connectivity index (χ0n) is 14.3. The first-order chi connectivity index (χ1) is 11.3. The van der Waals surface area contributed by atoms with Gasteiger partial charge in [0.1, 0.15) is 11.1 Å². The van der Waals surface area contributed by atoms with Crippen LogP contribution < -0.4 is 0 Å². The molecule has 0 bridgehead atoms. The molecule has 1 aliphatic heterocycles. The first kappa shape index (κ1) is 16.3. The minimum atomic E-state index is -0.502. The summed E-state index contributed by atoms with van der Waals surface area (Å²) < 4.78 is 10.1. The van der Waals surface area contributed by atoms with Crippen molar-refractivity contribution < 1.29 is 19.1 Å². The van der Waals surface area contributed by atoms with Gasteiger partial charge in [0.2, 0.25) is 0 Å². The molecule has 0 aliphatic carbocycles. The molecular formula is C17H21N3O4. The summed E-state index contributed by atoms with van der Waals surface area (Å²) in [6, 6.07) is 5.40. The lowest BCUT2D eigenvalue weighted by Gasteiger charge is -2.39. The molecule has 1 aromatic carbocycles. The van der Waals surface area contributed by atoms with Crippen molar-refractivity contribution in [3.63, 3.8) is 0 Å². The molecule has 1 fully saturated rings. The minimum Gasteiger partial charge on any atom is -0.465 e. The Bertz CT molecular complexity index is 785. The molecule has 128 valence electrons. The Morgan fingerprint density at radius 1 is 1.29 bits per heavy atom. The van der Waals surface area contributed by atoms with Crippen LogP contribution in [0.25, 0.3) is 10.9 Å². The van der Waals surface area contributed by atoms with E-state index in [0.29, 0.717) is 24.2 Å². The average Bonchev–Trinajstić information content (AvgIpc) is 2.87. The number of hydrogen-bond donors (Lipinski definition) is 1. The normalized spacial score (nSPS) is 15.2. The van der Waals surface area contributed by atoms with Gasteiger partial charge >= 0.3 is 12.1 Å². The van der Waals surface area contributed by atoms with Crippen LogP contribution in [0.15, 0.2) is 18.2 Å². The fourth-order valence-corrected chi connectivity index (χ4v) is 2.78. The Kier molecular flexibility index (Phi) is 3.95. The molecular weight excluding hydrogens is 310 g/mol. The predicted octanol–water partition coefficient (Wildman–Crippen LogP) is 2.68. The third-order valence-corrected chi connectivity index (χ3v) is 3.96. The van der Waals surface area contributed by atoms with E-state index in [2.05, 4.69) is 10.2 Å². The highest BCUT2D eigenvalue weighted by Crippen LogP contribution is 2.32. The van der Waals surface area contributed by atoms with Gasteiger partial charge in [-0.15, -0.1) is 0 Å².